The van der Waals surface area contributed by atoms with Crippen molar-refractivity contribution in [2.75, 3.05) is 20.1 Å². The van der Waals surface area contributed by atoms with Crippen molar-refractivity contribution in [3.63, 3.8) is 0 Å². The molecule has 0 saturated carbocycles. The Kier molecular flexibility index (Phi) is 5.31. The van der Waals surface area contributed by atoms with Crippen molar-refractivity contribution in [1.82, 2.24) is 10.2 Å². The highest BCUT2D eigenvalue weighted by molar-refractivity contribution is 5.85. The van der Waals surface area contributed by atoms with Crippen LogP contribution in [0, 0.1) is 13.8 Å². The minimum absolute atomic E-state index is 0. The Labute approximate surface area is 133 Å². The number of likely N-dealkylation sites (tertiary alicyclic amines) is 1. The Morgan fingerprint density at radius 3 is 2.76 bits per heavy atom. The average molecular weight is 309 g/mol. The van der Waals surface area contributed by atoms with Gasteiger partial charge in [0.25, 0.3) is 0 Å². The fraction of sp³-hybridized carbons (Fsp3) is 0.529. The molecule has 3 nitrogen and oxygen atoms in total. The first-order valence-corrected chi connectivity index (χ1v) is 7.55. The second kappa shape index (κ2) is 6.82. The molecule has 1 aromatic carbocycles. The normalized spacial score (nSPS) is 19.7. The third-order valence-corrected chi connectivity index (χ3v) is 4.48. The highest BCUT2D eigenvalue weighted by Gasteiger charge is 2.19. The highest BCUT2D eigenvalue weighted by atomic mass is 35.5. The van der Waals surface area contributed by atoms with Crippen molar-refractivity contribution < 1.29 is 4.42 Å². The Balaban J connectivity index is 0.00000161. The Morgan fingerprint density at radius 2 is 2.00 bits per heavy atom. The number of piperidine rings is 1. The van der Waals surface area contributed by atoms with Crippen LogP contribution in [-0.4, -0.2) is 31.1 Å². The van der Waals surface area contributed by atoms with Gasteiger partial charge in [-0.1, -0.05) is 0 Å². The minimum Gasteiger partial charge on any atom is -0.460 e. The lowest BCUT2D eigenvalue weighted by Gasteiger charge is -2.31. The Hall–Kier alpha value is -1.03. The molecule has 3 rings (SSSR count). The van der Waals surface area contributed by atoms with Crippen LogP contribution in [0.25, 0.3) is 11.0 Å². The SMILES string of the molecule is CNC1CCCN(Cc2cc3cc(C)c(C)cc3o2)C1.Cl. The van der Waals surface area contributed by atoms with Crippen LogP contribution in [0.5, 0.6) is 0 Å². The number of fused-ring (bicyclic) bond motifs is 1. The van der Waals surface area contributed by atoms with Gasteiger partial charge in [-0.2, -0.15) is 0 Å². The zero-order chi connectivity index (χ0) is 14.1. The van der Waals surface area contributed by atoms with Crippen molar-refractivity contribution >= 4 is 23.4 Å². The molecular weight excluding hydrogens is 284 g/mol. The van der Waals surface area contributed by atoms with E-state index in [-0.39, 0.29) is 12.4 Å². The first-order valence-electron chi connectivity index (χ1n) is 7.55. The number of furan rings is 1. The molecule has 0 spiro atoms. The van der Waals surface area contributed by atoms with Crippen LogP contribution in [-0.2, 0) is 6.54 Å². The molecule has 21 heavy (non-hydrogen) atoms. The van der Waals surface area contributed by atoms with Crippen molar-refractivity contribution in [3.05, 3.63) is 35.1 Å². The molecule has 1 aliphatic rings. The summed E-state index contributed by atoms with van der Waals surface area (Å²) in [7, 11) is 2.06. The van der Waals surface area contributed by atoms with Crippen LogP contribution in [0.3, 0.4) is 0 Å². The van der Waals surface area contributed by atoms with Crippen LogP contribution in [0.2, 0.25) is 0 Å². The lowest BCUT2D eigenvalue weighted by molar-refractivity contribution is 0.177. The number of nitrogens with zero attached hydrogens (tertiary/aromatic N) is 1. The van der Waals surface area contributed by atoms with Crippen LogP contribution >= 0.6 is 12.4 Å². The highest BCUT2D eigenvalue weighted by Crippen LogP contribution is 2.24. The van der Waals surface area contributed by atoms with Gasteiger partial charge in [0.1, 0.15) is 11.3 Å². The second-order valence-corrected chi connectivity index (χ2v) is 6.05. The van der Waals surface area contributed by atoms with Crippen LogP contribution in [0.4, 0.5) is 0 Å². The largest absolute Gasteiger partial charge is 0.460 e. The molecule has 0 bridgehead atoms. The predicted octanol–water partition coefficient (Wildman–Crippen LogP) is 3.66. The summed E-state index contributed by atoms with van der Waals surface area (Å²) in [5.74, 6) is 1.08. The van der Waals surface area contributed by atoms with Gasteiger partial charge in [0.05, 0.1) is 6.54 Å². The summed E-state index contributed by atoms with van der Waals surface area (Å²) in [4.78, 5) is 2.49. The molecule has 1 aromatic heterocycles. The van der Waals surface area contributed by atoms with Gasteiger partial charge in [-0.3, -0.25) is 4.90 Å². The van der Waals surface area contributed by atoms with E-state index in [4.69, 9.17) is 4.42 Å². The van der Waals surface area contributed by atoms with Gasteiger partial charge in [-0.05, 0) is 69.6 Å². The molecule has 116 valence electrons. The molecular formula is C17H25ClN2O. The number of likely N-dealkylation sites (N-methyl/N-ethyl adjacent to an activating group) is 1. The fourth-order valence-electron chi connectivity index (χ4n) is 3.09. The van der Waals surface area contributed by atoms with Crippen molar-refractivity contribution in [3.8, 4) is 0 Å². The molecule has 1 N–H and O–H groups in total. The van der Waals surface area contributed by atoms with E-state index in [2.05, 4.69) is 49.3 Å². The van der Waals surface area contributed by atoms with E-state index in [9.17, 15) is 0 Å². The molecule has 0 aliphatic carbocycles. The average Bonchev–Trinajstić information content (AvgIpc) is 2.80. The van der Waals surface area contributed by atoms with E-state index >= 15 is 0 Å². The van der Waals surface area contributed by atoms with Gasteiger partial charge >= 0.3 is 0 Å². The summed E-state index contributed by atoms with van der Waals surface area (Å²) in [5, 5.41) is 4.62. The lowest BCUT2D eigenvalue weighted by atomic mass is 10.1. The third-order valence-electron chi connectivity index (χ3n) is 4.48. The number of benzene rings is 1. The predicted molar refractivity (Wildman–Crippen MR) is 90.3 cm³/mol. The Bertz CT molecular complexity index is 569. The van der Waals surface area contributed by atoms with Crippen LogP contribution < -0.4 is 5.32 Å². The fourth-order valence-corrected chi connectivity index (χ4v) is 3.09. The molecule has 1 fully saturated rings. The van der Waals surface area contributed by atoms with Crippen molar-refractivity contribution in [2.24, 2.45) is 0 Å². The van der Waals surface area contributed by atoms with Gasteiger partial charge in [0.15, 0.2) is 0 Å². The number of hydrogen-bond donors (Lipinski definition) is 1. The second-order valence-electron chi connectivity index (χ2n) is 6.05. The smallest absolute Gasteiger partial charge is 0.134 e. The van der Waals surface area contributed by atoms with Gasteiger partial charge in [-0.15, -0.1) is 12.4 Å². The molecule has 2 heterocycles. The van der Waals surface area contributed by atoms with Crippen LogP contribution in [0.1, 0.15) is 29.7 Å². The zero-order valence-electron chi connectivity index (χ0n) is 13.1. The summed E-state index contributed by atoms with van der Waals surface area (Å²) < 4.78 is 6.01. The molecule has 1 saturated heterocycles. The number of rotatable bonds is 3. The third kappa shape index (κ3) is 3.60. The topological polar surface area (TPSA) is 28.4 Å². The number of hydrogen-bond acceptors (Lipinski definition) is 3. The van der Waals surface area contributed by atoms with Crippen molar-refractivity contribution in [1.29, 1.82) is 0 Å². The van der Waals surface area contributed by atoms with E-state index < -0.39 is 0 Å². The lowest BCUT2D eigenvalue weighted by Crippen LogP contribution is -2.43. The maximum absolute atomic E-state index is 6.01. The summed E-state index contributed by atoms with van der Waals surface area (Å²) in [5.41, 5.74) is 3.65. The van der Waals surface area contributed by atoms with Gasteiger partial charge in [0, 0.05) is 18.0 Å². The van der Waals surface area contributed by atoms with Crippen molar-refractivity contribution in [2.45, 2.75) is 39.3 Å². The molecule has 0 amide bonds. The molecule has 2 aromatic rings. The first-order chi connectivity index (χ1) is 9.65. The van der Waals surface area contributed by atoms with E-state index in [1.54, 1.807) is 0 Å². The molecule has 0 radical (unpaired) electrons. The van der Waals surface area contributed by atoms with Gasteiger partial charge in [0.2, 0.25) is 0 Å². The monoisotopic (exact) mass is 308 g/mol. The number of nitrogens with one attached hydrogen (secondary N) is 1. The quantitative estimate of drug-likeness (QED) is 0.938. The van der Waals surface area contributed by atoms with Crippen LogP contribution in [0.15, 0.2) is 22.6 Å². The maximum atomic E-state index is 6.01. The molecule has 1 atom stereocenters. The first kappa shape index (κ1) is 16.3. The number of halogens is 1. The number of aryl methyl sites for hydroxylation is 2. The summed E-state index contributed by atoms with van der Waals surface area (Å²) in [6.45, 7) is 7.51. The Morgan fingerprint density at radius 1 is 1.24 bits per heavy atom. The summed E-state index contributed by atoms with van der Waals surface area (Å²) in [6.07, 6.45) is 2.55. The van der Waals surface area contributed by atoms with E-state index in [1.807, 2.05) is 0 Å². The molecule has 1 unspecified atom stereocenters. The minimum atomic E-state index is 0. The van der Waals surface area contributed by atoms with E-state index in [0.29, 0.717) is 6.04 Å². The van der Waals surface area contributed by atoms with E-state index in [1.165, 1.54) is 35.9 Å². The van der Waals surface area contributed by atoms with E-state index in [0.717, 1.165) is 24.4 Å². The summed E-state index contributed by atoms with van der Waals surface area (Å²) >= 11 is 0. The standard InChI is InChI=1S/C17H24N2O.ClH/c1-12-7-14-9-16(20-17(14)8-13(12)2)11-19-6-4-5-15(10-19)18-3;/h7-9,15,18H,4-6,10-11H2,1-3H3;1H. The maximum Gasteiger partial charge on any atom is 0.134 e. The summed E-state index contributed by atoms with van der Waals surface area (Å²) in [6, 6.07) is 7.20. The van der Waals surface area contributed by atoms with Gasteiger partial charge in [-0.25, -0.2) is 0 Å². The molecule has 4 heteroatoms. The van der Waals surface area contributed by atoms with Gasteiger partial charge < -0.3 is 9.73 Å². The zero-order valence-corrected chi connectivity index (χ0v) is 13.9. The molecule has 1 aliphatic heterocycles.